The zero-order valence-corrected chi connectivity index (χ0v) is 14.5. The largest absolute Gasteiger partial charge is 0.338 e. The van der Waals surface area contributed by atoms with Crippen LogP contribution in [0.1, 0.15) is 16.1 Å². The second kappa shape index (κ2) is 7.01. The second-order valence-electron chi connectivity index (χ2n) is 5.83. The van der Waals surface area contributed by atoms with E-state index in [1.165, 1.54) is 23.5 Å². The number of Topliss-reactive ketones (excluding diaryl/α,β-unsaturated/α-hetero) is 1. The van der Waals surface area contributed by atoms with Crippen LogP contribution in [0, 0.1) is 5.82 Å². The number of carbonyl (C=O) groups is 1. The maximum Gasteiger partial charge on any atom is 0.186 e. The van der Waals surface area contributed by atoms with Gasteiger partial charge in [0.15, 0.2) is 5.78 Å². The highest BCUT2D eigenvalue weighted by Gasteiger charge is 2.10. The third-order valence-corrected chi connectivity index (χ3v) is 4.61. The van der Waals surface area contributed by atoms with Gasteiger partial charge in [-0.15, -0.1) is 11.3 Å². The number of carbonyl (C=O) groups excluding carboxylic acids is 1. The van der Waals surface area contributed by atoms with E-state index in [0.29, 0.717) is 23.5 Å². The third kappa shape index (κ3) is 3.45. The van der Waals surface area contributed by atoms with Gasteiger partial charge in [-0.3, -0.25) is 4.79 Å². The molecule has 4 aromatic rings. The molecule has 2 heterocycles. The minimum absolute atomic E-state index is 0.00827. The Labute approximate surface area is 153 Å². The standard InChI is InChI=1S/C20H14FN3OS/c21-16-3-1-2-15(9-16)20-22-10-17(24-20)14-6-4-13(5-7-14)8-19(25)18-11-26-12-23-18/h1-7,9-12H,8H2,(H,22,24). The average Bonchev–Trinajstić information content (AvgIpc) is 3.35. The third-order valence-electron chi connectivity index (χ3n) is 4.02. The molecule has 0 spiro atoms. The van der Waals surface area contributed by atoms with E-state index in [9.17, 15) is 9.18 Å². The van der Waals surface area contributed by atoms with E-state index in [2.05, 4.69) is 15.0 Å². The van der Waals surface area contributed by atoms with Crippen LogP contribution < -0.4 is 0 Å². The summed E-state index contributed by atoms with van der Waals surface area (Å²) >= 11 is 1.41. The lowest BCUT2D eigenvalue weighted by Gasteiger charge is -2.02. The molecule has 0 radical (unpaired) electrons. The van der Waals surface area contributed by atoms with E-state index < -0.39 is 0 Å². The molecule has 0 atom stereocenters. The van der Waals surface area contributed by atoms with Gasteiger partial charge in [-0.25, -0.2) is 14.4 Å². The highest BCUT2D eigenvalue weighted by Crippen LogP contribution is 2.23. The summed E-state index contributed by atoms with van der Waals surface area (Å²) in [5, 5.41) is 1.76. The molecule has 0 saturated heterocycles. The van der Waals surface area contributed by atoms with Crippen molar-refractivity contribution in [2.24, 2.45) is 0 Å². The maximum absolute atomic E-state index is 13.4. The Morgan fingerprint density at radius 1 is 1.08 bits per heavy atom. The van der Waals surface area contributed by atoms with Gasteiger partial charge in [0.2, 0.25) is 0 Å². The van der Waals surface area contributed by atoms with Crippen LogP contribution in [0.15, 0.2) is 65.6 Å². The number of hydrogen-bond acceptors (Lipinski definition) is 4. The van der Waals surface area contributed by atoms with Crippen LogP contribution in [0.2, 0.25) is 0 Å². The summed E-state index contributed by atoms with van der Waals surface area (Å²) in [6.45, 7) is 0. The van der Waals surface area contributed by atoms with Crippen molar-refractivity contribution in [3.63, 3.8) is 0 Å². The molecule has 1 N–H and O–H groups in total. The number of benzene rings is 2. The summed E-state index contributed by atoms with van der Waals surface area (Å²) in [4.78, 5) is 23.7. The van der Waals surface area contributed by atoms with Gasteiger partial charge < -0.3 is 4.98 Å². The summed E-state index contributed by atoms with van der Waals surface area (Å²) in [5.41, 5.74) is 5.57. The number of nitrogens with zero attached hydrogens (tertiary/aromatic N) is 2. The van der Waals surface area contributed by atoms with Crippen molar-refractivity contribution >= 4 is 17.1 Å². The van der Waals surface area contributed by atoms with Gasteiger partial charge in [-0.05, 0) is 23.3 Å². The Kier molecular flexibility index (Phi) is 4.41. The topological polar surface area (TPSA) is 58.6 Å². The number of hydrogen-bond donors (Lipinski definition) is 1. The second-order valence-corrected chi connectivity index (χ2v) is 6.55. The lowest BCUT2D eigenvalue weighted by Crippen LogP contribution is -2.03. The fourth-order valence-corrected chi connectivity index (χ4v) is 3.24. The molecule has 26 heavy (non-hydrogen) atoms. The van der Waals surface area contributed by atoms with Gasteiger partial charge in [0.25, 0.3) is 0 Å². The predicted molar refractivity (Wildman–Crippen MR) is 99.6 cm³/mol. The first-order valence-corrected chi connectivity index (χ1v) is 8.95. The number of halogens is 1. The molecular formula is C20H14FN3OS. The molecule has 4 rings (SSSR count). The Balaban J connectivity index is 1.51. The zero-order valence-electron chi connectivity index (χ0n) is 13.6. The van der Waals surface area contributed by atoms with Gasteiger partial charge >= 0.3 is 0 Å². The normalized spacial score (nSPS) is 10.8. The quantitative estimate of drug-likeness (QED) is 0.520. The summed E-state index contributed by atoms with van der Waals surface area (Å²) in [7, 11) is 0. The molecule has 0 fully saturated rings. The number of nitrogens with one attached hydrogen (secondary N) is 1. The van der Waals surface area contributed by atoms with Gasteiger partial charge in [0.05, 0.1) is 17.4 Å². The van der Waals surface area contributed by atoms with Crippen LogP contribution in [0.25, 0.3) is 22.6 Å². The van der Waals surface area contributed by atoms with Crippen molar-refractivity contribution < 1.29 is 9.18 Å². The van der Waals surface area contributed by atoms with Crippen LogP contribution >= 0.6 is 11.3 Å². The van der Waals surface area contributed by atoms with Crippen molar-refractivity contribution in [1.29, 1.82) is 0 Å². The van der Waals surface area contributed by atoms with Crippen LogP contribution in [-0.2, 0) is 6.42 Å². The van der Waals surface area contributed by atoms with Crippen molar-refractivity contribution in [2.75, 3.05) is 0 Å². The van der Waals surface area contributed by atoms with E-state index in [1.807, 2.05) is 24.3 Å². The van der Waals surface area contributed by atoms with Gasteiger partial charge in [0, 0.05) is 17.4 Å². The first-order chi connectivity index (χ1) is 12.7. The highest BCUT2D eigenvalue weighted by molar-refractivity contribution is 7.07. The number of aromatic nitrogens is 3. The molecule has 0 aliphatic heterocycles. The molecule has 0 aliphatic rings. The summed E-state index contributed by atoms with van der Waals surface area (Å²) in [5.74, 6) is 0.325. The summed E-state index contributed by atoms with van der Waals surface area (Å²) in [6, 6.07) is 14.0. The summed E-state index contributed by atoms with van der Waals surface area (Å²) < 4.78 is 13.4. The monoisotopic (exact) mass is 363 g/mol. The highest BCUT2D eigenvalue weighted by atomic mass is 32.1. The van der Waals surface area contributed by atoms with E-state index in [1.54, 1.807) is 29.2 Å². The molecule has 6 heteroatoms. The lowest BCUT2D eigenvalue weighted by molar-refractivity contribution is 0.0989. The number of ketones is 1. The predicted octanol–water partition coefficient (Wildman–Crippen LogP) is 4.76. The number of H-pyrrole nitrogens is 1. The van der Waals surface area contributed by atoms with Crippen molar-refractivity contribution in [1.82, 2.24) is 15.0 Å². The van der Waals surface area contributed by atoms with Crippen LogP contribution in [0.5, 0.6) is 0 Å². The van der Waals surface area contributed by atoms with Crippen molar-refractivity contribution in [3.8, 4) is 22.6 Å². The SMILES string of the molecule is O=C(Cc1ccc(-c2cnc(-c3cccc(F)c3)[nH]2)cc1)c1cscn1. The molecule has 4 nitrogen and oxygen atoms in total. The van der Waals surface area contributed by atoms with Crippen molar-refractivity contribution in [3.05, 3.63) is 82.7 Å². The smallest absolute Gasteiger partial charge is 0.186 e. The fraction of sp³-hybridized carbons (Fsp3) is 0.0500. The van der Waals surface area contributed by atoms with Crippen LogP contribution in [0.4, 0.5) is 4.39 Å². The van der Waals surface area contributed by atoms with Crippen molar-refractivity contribution in [2.45, 2.75) is 6.42 Å². The Morgan fingerprint density at radius 3 is 2.65 bits per heavy atom. The van der Waals surface area contributed by atoms with E-state index in [4.69, 9.17) is 0 Å². The number of rotatable bonds is 5. The van der Waals surface area contributed by atoms with Gasteiger partial charge in [0.1, 0.15) is 17.3 Å². The lowest BCUT2D eigenvalue weighted by atomic mass is 10.0. The average molecular weight is 363 g/mol. The van der Waals surface area contributed by atoms with Gasteiger partial charge in [-0.1, -0.05) is 36.4 Å². The fourth-order valence-electron chi connectivity index (χ4n) is 2.68. The number of imidazole rings is 1. The molecule has 0 aliphatic carbocycles. The van der Waals surface area contributed by atoms with Crippen LogP contribution in [0.3, 0.4) is 0 Å². The molecule has 128 valence electrons. The molecule has 0 amide bonds. The Hall–Kier alpha value is -3.12. The first-order valence-electron chi connectivity index (χ1n) is 8.01. The first kappa shape index (κ1) is 16.4. The minimum Gasteiger partial charge on any atom is -0.338 e. The molecule has 0 unspecified atom stereocenters. The minimum atomic E-state index is -0.297. The number of aromatic amines is 1. The van der Waals surface area contributed by atoms with E-state index in [-0.39, 0.29) is 11.6 Å². The number of thiazole rings is 1. The summed E-state index contributed by atoms with van der Waals surface area (Å²) in [6.07, 6.45) is 2.04. The molecule has 2 aromatic carbocycles. The Bertz CT molecular complexity index is 1040. The molecular weight excluding hydrogens is 349 g/mol. The Morgan fingerprint density at radius 2 is 1.92 bits per heavy atom. The maximum atomic E-state index is 13.4. The van der Waals surface area contributed by atoms with Gasteiger partial charge in [-0.2, -0.15) is 0 Å². The zero-order chi connectivity index (χ0) is 17.9. The molecule has 0 saturated carbocycles. The molecule has 0 bridgehead atoms. The van der Waals surface area contributed by atoms with E-state index >= 15 is 0 Å². The van der Waals surface area contributed by atoms with E-state index in [0.717, 1.165) is 16.8 Å². The van der Waals surface area contributed by atoms with Crippen LogP contribution in [-0.4, -0.2) is 20.7 Å². The molecule has 2 aromatic heterocycles.